The van der Waals surface area contributed by atoms with Gasteiger partial charge in [-0.2, -0.15) is 5.10 Å². The van der Waals surface area contributed by atoms with Crippen molar-refractivity contribution in [2.45, 2.75) is 18.9 Å². The first-order chi connectivity index (χ1) is 19.5. The third kappa shape index (κ3) is 5.44. The quantitative estimate of drug-likeness (QED) is 0.212. The molecule has 200 valence electrons. The molecule has 1 fully saturated rings. The third-order valence-electron chi connectivity index (χ3n) is 6.90. The van der Waals surface area contributed by atoms with Crippen molar-refractivity contribution in [3.05, 3.63) is 102 Å². The van der Waals surface area contributed by atoms with E-state index in [9.17, 15) is 14.9 Å². The van der Waals surface area contributed by atoms with Crippen molar-refractivity contribution in [3.63, 3.8) is 0 Å². The number of amides is 1. The molecule has 1 amide bonds. The minimum atomic E-state index is -0.671. The second-order valence-corrected chi connectivity index (χ2v) is 9.49. The Hall–Kier alpha value is -5.32. The summed E-state index contributed by atoms with van der Waals surface area (Å²) in [6, 6.07) is 21.0. The number of hydrogen-bond donors (Lipinski definition) is 1. The zero-order valence-corrected chi connectivity index (χ0v) is 21.4. The van der Waals surface area contributed by atoms with Crippen LogP contribution in [0.2, 0.25) is 0 Å². The predicted octanol–water partition coefficient (Wildman–Crippen LogP) is 5.85. The van der Waals surface area contributed by atoms with Crippen molar-refractivity contribution < 1.29 is 14.5 Å². The summed E-state index contributed by atoms with van der Waals surface area (Å²) in [4.78, 5) is 34.2. The molecule has 0 saturated carbocycles. The van der Waals surface area contributed by atoms with Gasteiger partial charge in [0.2, 0.25) is 0 Å². The highest BCUT2D eigenvalue weighted by Crippen LogP contribution is 2.29. The molecule has 0 unspecified atom stereocenters. The second kappa shape index (κ2) is 10.8. The van der Waals surface area contributed by atoms with E-state index in [1.54, 1.807) is 12.3 Å². The Morgan fingerprint density at radius 3 is 2.52 bits per heavy atom. The van der Waals surface area contributed by atoms with Crippen LogP contribution in [0.5, 0.6) is 5.75 Å². The van der Waals surface area contributed by atoms with Gasteiger partial charge in [-0.3, -0.25) is 25.1 Å². The van der Waals surface area contributed by atoms with E-state index in [2.05, 4.69) is 20.3 Å². The lowest BCUT2D eigenvalue weighted by molar-refractivity contribution is -0.384. The van der Waals surface area contributed by atoms with Crippen LogP contribution in [0.15, 0.2) is 91.4 Å². The number of hydrogen-bond acceptors (Lipinski definition) is 8. The molecular formula is C29H25N7O4. The zero-order chi connectivity index (χ0) is 27.5. The van der Waals surface area contributed by atoms with Crippen LogP contribution < -0.4 is 15.0 Å². The van der Waals surface area contributed by atoms with Gasteiger partial charge >= 0.3 is 6.09 Å². The van der Waals surface area contributed by atoms with Crippen molar-refractivity contribution in [2.24, 2.45) is 0 Å². The molecular weight excluding hydrogens is 510 g/mol. The van der Waals surface area contributed by atoms with Crippen molar-refractivity contribution >= 4 is 34.2 Å². The summed E-state index contributed by atoms with van der Waals surface area (Å²) in [5, 5.41) is 18.1. The normalized spacial score (nSPS) is 13.8. The molecule has 5 aromatic rings. The molecule has 1 aliphatic heterocycles. The molecule has 1 saturated heterocycles. The first-order valence-corrected chi connectivity index (χ1v) is 12.9. The van der Waals surface area contributed by atoms with E-state index in [-0.39, 0.29) is 17.5 Å². The molecule has 40 heavy (non-hydrogen) atoms. The lowest BCUT2D eigenvalue weighted by Crippen LogP contribution is -2.34. The highest BCUT2D eigenvalue weighted by molar-refractivity contribution is 5.87. The SMILES string of the molecule is O=C(Nc1cccc(N2CCC(n3cc(-c4cnc5ccccc5n4)cn3)CC2)c1)Oc1ccc([N+](=O)[O-])cc1. The van der Waals surface area contributed by atoms with Crippen LogP contribution in [0, 0.1) is 10.1 Å². The van der Waals surface area contributed by atoms with Gasteiger partial charge in [0.15, 0.2) is 0 Å². The molecule has 11 heteroatoms. The lowest BCUT2D eigenvalue weighted by Gasteiger charge is -2.33. The summed E-state index contributed by atoms with van der Waals surface area (Å²) >= 11 is 0. The van der Waals surface area contributed by atoms with E-state index in [1.807, 2.05) is 59.5 Å². The number of carbonyl (C=O) groups is 1. The maximum absolute atomic E-state index is 12.4. The molecule has 2 aromatic heterocycles. The van der Waals surface area contributed by atoms with Gasteiger partial charge in [0, 0.05) is 48.4 Å². The monoisotopic (exact) mass is 535 g/mol. The number of ether oxygens (including phenoxy) is 1. The highest BCUT2D eigenvalue weighted by atomic mass is 16.6. The standard InChI is InChI=1S/C29H25N7O4/c37-29(40-25-10-8-23(9-11-25)36(38)39)32-21-4-3-5-24(16-21)34-14-12-22(13-15-34)35-19-20(17-31-35)28-18-30-26-6-1-2-7-27(26)33-28/h1-11,16-19,22H,12-15H2,(H,32,37). The molecule has 0 radical (unpaired) electrons. The topological polar surface area (TPSA) is 128 Å². The van der Waals surface area contributed by atoms with Crippen molar-refractivity contribution in [1.82, 2.24) is 19.7 Å². The van der Waals surface area contributed by atoms with Gasteiger partial charge in [-0.05, 0) is 55.3 Å². The number of fused-ring (bicyclic) bond motifs is 1. The van der Waals surface area contributed by atoms with E-state index in [0.29, 0.717) is 5.69 Å². The predicted molar refractivity (Wildman–Crippen MR) is 150 cm³/mol. The number of non-ortho nitro benzene ring substituents is 1. The van der Waals surface area contributed by atoms with Gasteiger partial charge < -0.3 is 9.64 Å². The largest absolute Gasteiger partial charge is 0.417 e. The Bertz CT molecular complexity index is 1680. The molecule has 11 nitrogen and oxygen atoms in total. The van der Waals surface area contributed by atoms with Crippen LogP contribution in [0.25, 0.3) is 22.3 Å². The molecule has 3 aromatic carbocycles. The van der Waals surface area contributed by atoms with Crippen LogP contribution in [0.1, 0.15) is 18.9 Å². The average molecular weight is 536 g/mol. The van der Waals surface area contributed by atoms with Crippen molar-refractivity contribution in [3.8, 4) is 17.0 Å². The molecule has 1 aliphatic rings. The minimum absolute atomic E-state index is 0.0727. The van der Waals surface area contributed by atoms with Crippen LogP contribution in [0.4, 0.5) is 21.9 Å². The number of nitrogens with zero attached hydrogens (tertiary/aromatic N) is 6. The average Bonchev–Trinajstić information content (AvgIpc) is 3.48. The Labute approximate surface area is 229 Å². The summed E-state index contributed by atoms with van der Waals surface area (Å²) in [5.41, 5.74) is 5.00. The summed E-state index contributed by atoms with van der Waals surface area (Å²) in [7, 11) is 0. The van der Waals surface area contributed by atoms with Gasteiger partial charge in [-0.25, -0.2) is 9.78 Å². The number of carbonyl (C=O) groups excluding carboxylic acids is 1. The van der Waals surface area contributed by atoms with E-state index in [1.165, 1.54) is 24.3 Å². The van der Waals surface area contributed by atoms with Gasteiger partial charge in [0.1, 0.15) is 5.75 Å². The van der Waals surface area contributed by atoms with Crippen molar-refractivity contribution in [1.29, 1.82) is 0 Å². The Morgan fingerprint density at radius 1 is 0.975 bits per heavy atom. The number of para-hydroxylation sites is 2. The maximum Gasteiger partial charge on any atom is 0.417 e. The number of benzene rings is 3. The first-order valence-electron chi connectivity index (χ1n) is 12.9. The zero-order valence-electron chi connectivity index (χ0n) is 21.4. The molecule has 1 N–H and O–H groups in total. The van der Waals surface area contributed by atoms with Crippen LogP contribution in [-0.4, -0.2) is 43.9 Å². The minimum Gasteiger partial charge on any atom is -0.410 e. The van der Waals surface area contributed by atoms with Crippen LogP contribution in [0.3, 0.4) is 0 Å². The van der Waals surface area contributed by atoms with Crippen molar-refractivity contribution in [2.75, 3.05) is 23.3 Å². The number of anilines is 2. The van der Waals surface area contributed by atoms with E-state index >= 15 is 0 Å². The highest BCUT2D eigenvalue weighted by Gasteiger charge is 2.22. The number of nitrogens with one attached hydrogen (secondary N) is 1. The Balaban J connectivity index is 1.05. The fourth-order valence-corrected chi connectivity index (χ4v) is 4.82. The maximum atomic E-state index is 12.4. The number of aromatic nitrogens is 4. The molecule has 3 heterocycles. The summed E-state index contributed by atoms with van der Waals surface area (Å²) in [6.45, 7) is 1.68. The number of rotatable bonds is 6. The van der Waals surface area contributed by atoms with E-state index in [0.717, 1.165) is 53.9 Å². The van der Waals surface area contributed by atoms with Gasteiger partial charge in [-0.15, -0.1) is 0 Å². The van der Waals surface area contributed by atoms with Gasteiger partial charge in [0.05, 0.1) is 40.1 Å². The number of piperidine rings is 1. The smallest absolute Gasteiger partial charge is 0.410 e. The summed E-state index contributed by atoms with van der Waals surface area (Å²) < 4.78 is 7.28. The second-order valence-electron chi connectivity index (χ2n) is 9.49. The van der Waals surface area contributed by atoms with Gasteiger partial charge in [-0.1, -0.05) is 18.2 Å². The Kier molecular flexibility index (Phi) is 6.75. The van der Waals surface area contributed by atoms with E-state index < -0.39 is 11.0 Å². The number of nitro benzene ring substituents is 1. The summed E-state index contributed by atoms with van der Waals surface area (Å²) in [5.74, 6) is 0.218. The van der Waals surface area contributed by atoms with Crippen LogP contribution >= 0.6 is 0 Å². The molecule has 6 rings (SSSR count). The molecule has 0 spiro atoms. The Morgan fingerprint density at radius 2 is 1.75 bits per heavy atom. The molecule has 0 aliphatic carbocycles. The fraction of sp³-hybridized carbons (Fsp3) is 0.172. The third-order valence-corrected chi connectivity index (χ3v) is 6.90. The van der Waals surface area contributed by atoms with Gasteiger partial charge in [0.25, 0.3) is 5.69 Å². The fourth-order valence-electron chi connectivity index (χ4n) is 4.82. The van der Waals surface area contributed by atoms with Crippen LogP contribution in [-0.2, 0) is 0 Å². The lowest BCUT2D eigenvalue weighted by atomic mass is 10.0. The first kappa shape index (κ1) is 25.0. The van der Waals surface area contributed by atoms with E-state index in [4.69, 9.17) is 9.72 Å². The molecule has 0 bridgehead atoms. The molecule has 0 atom stereocenters. The number of nitro groups is 1. The summed E-state index contributed by atoms with van der Waals surface area (Å²) in [6.07, 6.45) is 6.84.